The fourth-order valence-corrected chi connectivity index (χ4v) is 3.29. The van der Waals surface area contributed by atoms with Crippen molar-refractivity contribution in [3.8, 4) is 6.07 Å². The number of nitrogens with zero attached hydrogens (tertiary/aromatic N) is 1. The lowest BCUT2D eigenvalue weighted by Crippen LogP contribution is -2.45. The minimum absolute atomic E-state index is 0.0359. The molecule has 0 spiro atoms. The summed E-state index contributed by atoms with van der Waals surface area (Å²) in [5.74, 6) is 1.30. The SMILES string of the molecule is CCOC1=CC(=O)[C@@]2(C#N)CCC[C@H](C)[C@@H]2C1. The highest BCUT2D eigenvalue weighted by Crippen LogP contribution is 2.50. The van der Waals surface area contributed by atoms with E-state index >= 15 is 0 Å². The van der Waals surface area contributed by atoms with E-state index in [1.54, 1.807) is 6.08 Å². The third-order valence-corrected chi connectivity index (χ3v) is 4.23. The van der Waals surface area contributed by atoms with Gasteiger partial charge < -0.3 is 4.74 Å². The Morgan fingerprint density at radius 3 is 3.06 bits per heavy atom. The van der Waals surface area contributed by atoms with Gasteiger partial charge in [-0.3, -0.25) is 4.79 Å². The lowest BCUT2D eigenvalue weighted by atomic mass is 9.57. The maximum absolute atomic E-state index is 12.2. The van der Waals surface area contributed by atoms with Gasteiger partial charge in [0.15, 0.2) is 5.78 Å². The van der Waals surface area contributed by atoms with Gasteiger partial charge in [0.2, 0.25) is 0 Å². The van der Waals surface area contributed by atoms with E-state index < -0.39 is 5.41 Å². The van der Waals surface area contributed by atoms with E-state index in [1.807, 2.05) is 6.92 Å². The molecule has 0 unspecified atom stereocenters. The molecule has 1 saturated carbocycles. The molecule has 2 aliphatic rings. The maximum Gasteiger partial charge on any atom is 0.179 e. The molecule has 2 aliphatic carbocycles. The first-order valence-corrected chi connectivity index (χ1v) is 6.43. The number of ketones is 1. The zero-order chi connectivity index (χ0) is 12.5. The third kappa shape index (κ3) is 1.86. The largest absolute Gasteiger partial charge is 0.498 e. The molecule has 0 radical (unpaired) electrons. The first-order valence-electron chi connectivity index (χ1n) is 6.43. The number of rotatable bonds is 2. The van der Waals surface area contributed by atoms with E-state index in [0.29, 0.717) is 18.9 Å². The Labute approximate surface area is 102 Å². The quantitative estimate of drug-likeness (QED) is 0.737. The van der Waals surface area contributed by atoms with Crippen LogP contribution in [0.4, 0.5) is 0 Å². The Bertz CT molecular complexity index is 394. The zero-order valence-electron chi connectivity index (χ0n) is 10.5. The van der Waals surface area contributed by atoms with Gasteiger partial charge in [0, 0.05) is 12.5 Å². The fourth-order valence-electron chi connectivity index (χ4n) is 3.29. The van der Waals surface area contributed by atoms with Crippen molar-refractivity contribution in [1.29, 1.82) is 5.26 Å². The van der Waals surface area contributed by atoms with Crippen LogP contribution < -0.4 is 0 Å². The number of hydrogen-bond donors (Lipinski definition) is 0. The highest BCUT2D eigenvalue weighted by Gasteiger charge is 2.51. The van der Waals surface area contributed by atoms with E-state index in [-0.39, 0.29) is 11.7 Å². The normalized spacial score (nSPS) is 36.8. The van der Waals surface area contributed by atoms with Crippen molar-refractivity contribution in [2.24, 2.45) is 17.3 Å². The number of carbonyl (C=O) groups excluding carboxylic acids is 1. The molecule has 0 N–H and O–H groups in total. The van der Waals surface area contributed by atoms with Gasteiger partial charge in [-0.1, -0.05) is 19.8 Å². The Morgan fingerprint density at radius 2 is 2.41 bits per heavy atom. The molecule has 1 fully saturated rings. The van der Waals surface area contributed by atoms with E-state index in [0.717, 1.165) is 25.0 Å². The number of carbonyl (C=O) groups is 1. The van der Waals surface area contributed by atoms with E-state index in [1.165, 1.54) is 0 Å². The highest BCUT2D eigenvalue weighted by atomic mass is 16.5. The van der Waals surface area contributed by atoms with Crippen molar-refractivity contribution < 1.29 is 9.53 Å². The van der Waals surface area contributed by atoms with Crippen LogP contribution in [0.2, 0.25) is 0 Å². The van der Waals surface area contributed by atoms with Gasteiger partial charge in [0.1, 0.15) is 5.41 Å². The summed E-state index contributed by atoms with van der Waals surface area (Å²) >= 11 is 0. The van der Waals surface area contributed by atoms with Gasteiger partial charge in [-0.2, -0.15) is 5.26 Å². The first-order chi connectivity index (χ1) is 8.14. The summed E-state index contributed by atoms with van der Waals surface area (Å²) in [6, 6.07) is 2.31. The van der Waals surface area contributed by atoms with Gasteiger partial charge >= 0.3 is 0 Å². The van der Waals surface area contributed by atoms with E-state index in [2.05, 4.69) is 13.0 Å². The Morgan fingerprint density at radius 1 is 1.65 bits per heavy atom. The summed E-state index contributed by atoms with van der Waals surface area (Å²) in [5.41, 5.74) is -0.766. The van der Waals surface area contributed by atoms with Crippen LogP contribution in [0.1, 0.15) is 39.5 Å². The summed E-state index contributed by atoms with van der Waals surface area (Å²) in [7, 11) is 0. The average Bonchev–Trinajstić information content (AvgIpc) is 2.31. The molecule has 92 valence electrons. The van der Waals surface area contributed by atoms with Crippen LogP contribution in [-0.2, 0) is 9.53 Å². The Hall–Kier alpha value is -1.30. The number of fused-ring (bicyclic) bond motifs is 1. The van der Waals surface area contributed by atoms with Crippen molar-refractivity contribution in [1.82, 2.24) is 0 Å². The standard InChI is InChI=1S/C14H19NO2/c1-3-17-11-7-12-10(2)5-4-6-14(12,9-15)13(16)8-11/h8,10,12H,3-7H2,1-2H3/t10-,12-,14+/m0/s1. The topological polar surface area (TPSA) is 50.1 Å². The van der Waals surface area contributed by atoms with Crippen LogP contribution in [0.15, 0.2) is 11.8 Å². The molecule has 2 rings (SSSR count). The van der Waals surface area contributed by atoms with E-state index in [4.69, 9.17) is 4.74 Å². The Balaban J connectivity index is 2.35. The van der Waals surface area contributed by atoms with Crippen molar-refractivity contribution in [2.75, 3.05) is 6.61 Å². The van der Waals surface area contributed by atoms with Crippen LogP contribution in [0, 0.1) is 28.6 Å². The van der Waals surface area contributed by atoms with Gasteiger partial charge in [-0.15, -0.1) is 0 Å². The van der Waals surface area contributed by atoms with Gasteiger partial charge in [-0.25, -0.2) is 0 Å². The first kappa shape index (κ1) is 12.2. The minimum atomic E-state index is -0.766. The van der Waals surface area contributed by atoms with Crippen molar-refractivity contribution in [3.05, 3.63) is 11.8 Å². The molecular formula is C14H19NO2. The van der Waals surface area contributed by atoms with Crippen LogP contribution >= 0.6 is 0 Å². The summed E-state index contributed by atoms with van der Waals surface area (Å²) in [6.07, 6.45) is 5.11. The van der Waals surface area contributed by atoms with Crippen LogP contribution in [0.25, 0.3) is 0 Å². The second-order valence-corrected chi connectivity index (χ2v) is 5.17. The van der Waals surface area contributed by atoms with E-state index in [9.17, 15) is 10.1 Å². The zero-order valence-corrected chi connectivity index (χ0v) is 10.5. The predicted molar refractivity (Wildman–Crippen MR) is 63.9 cm³/mol. The molecule has 0 aromatic heterocycles. The number of ether oxygens (including phenoxy) is 1. The lowest BCUT2D eigenvalue weighted by molar-refractivity contribution is -0.128. The summed E-state index contributed by atoms with van der Waals surface area (Å²) < 4.78 is 5.47. The van der Waals surface area contributed by atoms with Gasteiger partial charge in [0.25, 0.3) is 0 Å². The molecule has 0 amide bonds. The number of hydrogen-bond acceptors (Lipinski definition) is 3. The van der Waals surface area contributed by atoms with Crippen molar-refractivity contribution >= 4 is 5.78 Å². The summed E-state index contributed by atoms with van der Waals surface area (Å²) in [5, 5.41) is 9.44. The lowest BCUT2D eigenvalue weighted by Gasteiger charge is -2.43. The van der Waals surface area contributed by atoms with Gasteiger partial charge in [-0.05, 0) is 25.2 Å². The third-order valence-electron chi connectivity index (χ3n) is 4.23. The smallest absolute Gasteiger partial charge is 0.179 e. The van der Waals surface area contributed by atoms with Crippen LogP contribution in [0.5, 0.6) is 0 Å². The molecular weight excluding hydrogens is 214 g/mol. The molecule has 17 heavy (non-hydrogen) atoms. The van der Waals surface area contributed by atoms with Crippen molar-refractivity contribution in [2.45, 2.75) is 39.5 Å². The summed E-state index contributed by atoms with van der Waals surface area (Å²) in [4.78, 5) is 12.2. The van der Waals surface area contributed by atoms with Crippen LogP contribution in [0.3, 0.4) is 0 Å². The average molecular weight is 233 g/mol. The Kier molecular flexibility index (Phi) is 3.24. The number of nitriles is 1. The molecule has 0 saturated heterocycles. The molecule has 0 aliphatic heterocycles. The number of allylic oxidation sites excluding steroid dienone is 2. The van der Waals surface area contributed by atoms with Crippen LogP contribution in [-0.4, -0.2) is 12.4 Å². The molecule has 3 atom stereocenters. The molecule has 0 aromatic carbocycles. The van der Waals surface area contributed by atoms with Gasteiger partial charge in [0.05, 0.1) is 18.4 Å². The fraction of sp³-hybridized carbons (Fsp3) is 0.714. The predicted octanol–water partition coefficient (Wildman–Crippen LogP) is 2.83. The minimum Gasteiger partial charge on any atom is -0.498 e. The molecule has 0 aromatic rings. The molecule has 0 bridgehead atoms. The van der Waals surface area contributed by atoms with Crippen molar-refractivity contribution in [3.63, 3.8) is 0 Å². The highest BCUT2D eigenvalue weighted by molar-refractivity contribution is 5.98. The monoisotopic (exact) mass is 233 g/mol. The molecule has 3 heteroatoms. The second-order valence-electron chi connectivity index (χ2n) is 5.17. The molecule has 0 heterocycles. The maximum atomic E-state index is 12.2. The molecule has 3 nitrogen and oxygen atoms in total. The summed E-state index contributed by atoms with van der Waals surface area (Å²) in [6.45, 7) is 4.65. The second kappa shape index (κ2) is 4.52.